The number of rotatable bonds is 4. The summed E-state index contributed by atoms with van der Waals surface area (Å²) in [6.07, 6.45) is 2.03. The summed E-state index contributed by atoms with van der Waals surface area (Å²) in [5.41, 5.74) is 4.09. The number of halogens is 1. The number of ether oxygens (including phenoxy) is 1. The summed E-state index contributed by atoms with van der Waals surface area (Å²) in [5, 5.41) is 0. The van der Waals surface area contributed by atoms with Crippen molar-refractivity contribution < 1.29 is 17.9 Å². The van der Waals surface area contributed by atoms with E-state index in [4.69, 9.17) is 4.74 Å². The molecule has 132 valence electrons. The third kappa shape index (κ3) is 3.98. The molecule has 3 rings (SSSR count). The van der Waals surface area contributed by atoms with E-state index < -0.39 is 16.9 Å². The van der Waals surface area contributed by atoms with Gasteiger partial charge < -0.3 is 9.29 Å². The van der Waals surface area contributed by atoms with E-state index in [2.05, 4.69) is 4.72 Å². The molecule has 0 spiro atoms. The molecule has 4 nitrogen and oxygen atoms in total. The van der Waals surface area contributed by atoms with E-state index in [1.165, 1.54) is 12.1 Å². The van der Waals surface area contributed by atoms with Gasteiger partial charge in [-0.25, -0.2) is 9.11 Å². The number of benzene rings is 2. The standard InChI is InChI=1S/C19H20FNO3S/c1-12-8-13(11-21-25(22)23)9-17-18(12)16(10-19(2,3)24-17)14-4-6-15(20)7-5-14/h4-10,21H,11H2,1-3H3,(H,22,23)/p-1. The van der Waals surface area contributed by atoms with E-state index in [-0.39, 0.29) is 12.4 Å². The van der Waals surface area contributed by atoms with Crippen LogP contribution in [0.2, 0.25) is 0 Å². The van der Waals surface area contributed by atoms with Gasteiger partial charge in [0.05, 0.1) is 0 Å². The highest BCUT2D eigenvalue weighted by Crippen LogP contribution is 2.41. The highest BCUT2D eigenvalue weighted by atomic mass is 32.2. The summed E-state index contributed by atoms with van der Waals surface area (Å²) in [4.78, 5) is 0. The van der Waals surface area contributed by atoms with Crippen LogP contribution in [0.4, 0.5) is 4.39 Å². The Morgan fingerprint density at radius 3 is 2.56 bits per heavy atom. The summed E-state index contributed by atoms with van der Waals surface area (Å²) in [6.45, 7) is 6.05. The summed E-state index contributed by atoms with van der Waals surface area (Å²) in [7, 11) is 0. The van der Waals surface area contributed by atoms with Crippen LogP contribution in [0.3, 0.4) is 0 Å². The van der Waals surface area contributed by atoms with Crippen LogP contribution in [0.1, 0.15) is 36.1 Å². The Morgan fingerprint density at radius 2 is 1.92 bits per heavy atom. The number of nitrogens with one attached hydrogen (secondary N) is 1. The summed E-state index contributed by atoms with van der Waals surface area (Å²) in [5.74, 6) is 0.417. The van der Waals surface area contributed by atoms with Gasteiger partial charge in [0.1, 0.15) is 17.2 Å². The predicted octanol–water partition coefficient (Wildman–Crippen LogP) is 3.62. The van der Waals surface area contributed by atoms with Crippen LogP contribution in [0.5, 0.6) is 5.75 Å². The van der Waals surface area contributed by atoms with Gasteiger partial charge >= 0.3 is 0 Å². The molecule has 1 heterocycles. The second-order valence-electron chi connectivity index (χ2n) is 6.61. The van der Waals surface area contributed by atoms with Gasteiger partial charge in [-0.15, -0.1) is 0 Å². The minimum Gasteiger partial charge on any atom is -0.760 e. The molecule has 0 bridgehead atoms. The van der Waals surface area contributed by atoms with Gasteiger partial charge in [0.25, 0.3) is 0 Å². The molecule has 1 atom stereocenters. The molecule has 2 aromatic carbocycles. The van der Waals surface area contributed by atoms with Crippen LogP contribution >= 0.6 is 0 Å². The van der Waals surface area contributed by atoms with Crippen LogP contribution < -0.4 is 9.46 Å². The number of hydrogen-bond donors (Lipinski definition) is 1. The highest BCUT2D eigenvalue weighted by molar-refractivity contribution is 7.77. The van der Waals surface area contributed by atoms with Crippen LogP contribution in [-0.4, -0.2) is 14.4 Å². The molecule has 1 aliphatic rings. The van der Waals surface area contributed by atoms with Crippen LogP contribution in [0.15, 0.2) is 42.5 Å². The second-order valence-corrected chi connectivity index (χ2v) is 7.37. The first-order valence-electron chi connectivity index (χ1n) is 7.90. The quantitative estimate of drug-likeness (QED) is 0.847. The summed E-state index contributed by atoms with van der Waals surface area (Å²) in [6, 6.07) is 10.2. The molecule has 0 saturated heterocycles. The molecule has 0 amide bonds. The molecule has 0 aromatic heterocycles. The lowest BCUT2D eigenvalue weighted by atomic mass is 9.87. The largest absolute Gasteiger partial charge is 0.760 e. The molecule has 25 heavy (non-hydrogen) atoms. The third-order valence-electron chi connectivity index (χ3n) is 4.04. The molecule has 1 N–H and O–H groups in total. The topological polar surface area (TPSA) is 61.4 Å². The lowest BCUT2D eigenvalue weighted by molar-refractivity contribution is 0.158. The molecular weight excluding hydrogens is 341 g/mol. The fourth-order valence-electron chi connectivity index (χ4n) is 3.09. The van der Waals surface area contributed by atoms with Gasteiger partial charge in [-0.3, -0.25) is 4.21 Å². The summed E-state index contributed by atoms with van der Waals surface area (Å²) < 4.78 is 43.2. The lowest BCUT2D eigenvalue weighted by Gasteiger charge is -2.33. The van der Waals surface area contributed by atoms with E-state index >= 15 is 0 Å². The average Bonchev–Trinajstić information content (AvgIpc) is 2.51. The zero-order valence-electron chi connectivity index (χ0n) is 14.3. The van der Waals surface area contributed by atoms with Crippen molar-refractivity contribution in [2.24, 2.45) is 0 Å². The van der Waals surface area contributed by atoms with Crippen molar-refractivity contribution in [2.45, 2.75) is 32.9 Å². The molecule has 0 aliphatic carbocycles. The molecule has 1 unspecified atom stereocenters. The van der Waals surface area contributed by atoms with Crippen molar-refractivity contribution in [2.75, 3.05) is 0 Å². The van der Waals surface area contributed by atoms with Crippen molar-refractivity contribution in [3.8, 4) is 5.75 Å². The molecule has 0 saturated carbocycles. The van der Waals surface area contributed by atoms with E-state index in [1.807, 2.05) is 39.0 Å². The molecule has 2 aromatic rings. The smallest absolute Gasteiger partial charge is 0.129 e. The van der Waals surface area contributed by atoms with E-state index in [9.17, 15) is 13.2 Å². The van der Waals surface area contributed by atoms with E-state index in [1.54, 1.807) is 12.1 Å². The van der Waals surface area contributed by atoms with Gasteiger partial charge in [0.2, 0.25) is 0 Å². The van der Waals surface area contributed by atoms with Crippen LogP contribution in [0, 0.1) is 12.7 Å². The summed E-state index contributed by atoms with van der Waals surface area (Å²) >= 11 is -2.32. The zero-order chi connectivity index (χ0) is 18.2. The Labute approximate surface area is 149 Å². The Bertz CT molecular complexity index is 860. The normalized spacial score (nSPS) is 16.6. The highest BCUT2D eigenvalue weighted by Gasteiger charge is 2.28. The van der Waals surface area contributed by atoms with Crippen molar-refractivity contribution in [3.05, 3.63) is 70.5 Å². The Balaban J connectivity index is 2.09. The van der Waals surface area contributed by atoms with Crippen molar-refractivity contribution in [3.63, 3.8) is 0 Å². The maximum Gasteiger partial charge on any atom is 0.129 e. The van der Waals surface area contributed by atoms with Gasteiger partial charge in [-0.2, -0.15) is 0 Å². The fraction of sp³-hybridized carbons (Fsp3) is 0.263. The van der Waals surface area contributed by atoms with E-state index in [0.29, 0.717) is 5.75 Å². The Hall–Kier alpha value is -2.02. The fourth-order valence-corrected chi connectivity index (χ4v) is 3.37. The first-order valence-corrected chi connectivity index (χ1v) is 8.97. The van der Waals surface area contributed by atoms with Crippen molar-refractivity contribution in [1.82, 2.24) is 4.72 Å². The Morgan fingerprint density at radius 1 is 1.24 bits per heavy atom. The first-order chi connectivity index (χ1) is 11.7. The van der Waals surface area contributed by atoms with Gasteiger partial charge in [0.15, 0.2) is 0 Å². The predicted molar refractivity (Wildman–Crippen MR) is 95.1 cm³/mol. The molecule has 6 heteroatoms. The molecule has 1 aliphatic heterocycles. The lowest BCUT2D eigenvalue weighted by Crippen LogP contribution is -2.29. The minimum atomic E-state index is -2.32. The van der Waals surface area contributed by atoms with Crippen LogP contribution in [0.25, 0.3) is 5.57 Å². The maximum absolute atomic E-state index is 13.3. The second kappa shape index (κ2) is 6.71. The Kier molecular flexibility index (Phi) is 4.77. The van der Waals surface area contributed by atoms with Gasteiger partial charge in [0, 0.05) is 23.4 Å². The number of fused-ring (bicyclic) bond motifs is 1. The first kappa shape index (κ1) is 17.8. The molecule has 0 fully saturated rings. The SMILES string of the molecule is Cc1cc(CNS(=O)[O-])cc2c1C(c1ccc(F)cc1)=CC(C)(C)O2. The minimum absolute atomic E-state index is 0.198. The van der Waals surface area contributed by atoms with Crippen LogP contribution in [-0.2, 0) is 17.8 Å². The number of aryl methyl sites for hydroxylation is 1. The molecular formula is C19H19FNO3S-. The third-order valence-corrected chi connectivity index (χ3v) is 4.42. The van der Waals surface area contributed by atoms with Gasteiger partial charge in [-0.05, 0) is 67.3 Å². The zero-order valence-corrected chi connectivity index (χ0v) is 15.1. The molecule has 0 radical (unpaired) electrons. The van der Waals surface area contributed by atoms with Crippen molar-refractivity contribution in [1.29, 1.82) is 0 Å². The van der Waals surface area contributed by atoms with Crippen molar-refractivity contribution >= 4 is 16.8 Å². The monoisotopic (exact) mass is 360 g/mol. The van der Waals surface area contributed by atoms with Gasteiger partial charge in [-0.1, -0.05) is 18.2 Å². The van der Waals surface area contributed by atoms with E-state index in [0.717, 1.165) is 27.8 Å². The average molecular weight is 360 g/mol. The maximum atomic E-state index is 13.3. The number of hydrogen-bond acceptors (Lipinski definition) is 3.